The lowest BCUT2D eigenvalue weighted by molar-refractivity contribution is 1.14. The molecule has 0 amide bonds. The molecule has 3 nitrogen and oxygen atoms in total. The monoisotopic (exact) mass is 187 g/mol. The van der Waals surface area contributed by atoms with Crippen LogP contribution in [-0.4, -0.2) is 10.2 Å². The number of rotatable bonds is 1. The third kappa shape index (κ3) is 2.78. The number of nitrogens with two attached hydrogens (primary N) is 1. The van der Waals surface area contributed by atoms with Crippen molar-refractivity contribution in [1.29, 1.82) is 5.41 Å². The number of aromatic nitrogens is 1. The number of halogens is 1. The van der Waals surface area contributed by atoms with E-state index in [1.807, 2.05) is 0 Å². The lowest BCUT2D eigenvalue weighted by atomic mass is 10.5. The molecule has 0 aromatic carbocycles. The van der Waals surface area contributed by atoms with E-state index in [1.165, 1.54) is 6.20 Å². The number of nitrogens with one attached hydrogen (secondary N) is 1. The van der Waals surface area contributed by atoms with E-state index in [0.29, 0.717) is 10.0 Å². The first-order valence-electron chi connectivity index (χ1n) is 2.82. The van der Waals surface area contributed by atoms with E-state index in [0.717, 1.165) is 11.8 Å². The van der Waals surface area contributed by atoms with Crippen molar-refractivity contribution in [2.75, 3.05) is 0 Å². The minimum Gasteiger partial charge on any atom is -0.378 e. The van der Waals surface area contributed by atoms with Gasteiger partial charge in [0.05, 0.1) is 5.02 Å². The van der Waals surface area contributed by atoms with Crippen LogP contribution in [0, 0.1) is 5.41 Å². The van der Waals surface area contributed by atoms with Crippen molar-refractivity contribution in [2.45, 2.75) is 5.03 Å². The lowest BCUT2D eigenvalue weighted by Gasteiger charge is -1.95. The summed E-state index contributed by atoms with van der Waals surface area (Å²) in [5, 5.41) is 8.24. The first kappa shape index (κ1) is 8.36. The molecule has 58 valence electrons. The van der Waals surface area contributed by atoms with Crippen LogP contribution < -0.4 is 5.73 Å². The summed E-state index contributed by atoms with van der Waals surface area (Å²) in [6.45, 7) is 0. The molecule has 0 aliphatic rings. The van der Waals surface area contributed by atoms with Gasteiger partial charge in [0.1, 0.15) is 5.03 Å². The Hall–Kier alpha value is -0.740. The summed E-state index contributed by atoms with van der Waals surface area (Å²) in [7, 11) is 0. The maximum absolute atomic E-state index is 6.95. The van der Waals surface area contributed by atoms with Crippen LogP contribution in [0.4, 0.5) is 0 Å². The topological polar surface area (TPSA) is 62.8 Å². The zero-order valence-electron chi connectivity index (χ0n) is 5.54. The highest BCUT2D eigenvalue weighted by Gasteiger charge is 1.96. The van der Waals surface area contributed by atoms with Gasteiger partial charge < -0.3 is 5.73 Å². The van der Waals surface area contributed by atoms with Gasteiger partial charge in [-0.3, -0.25) is 5.41 Å². The van der Waals surface area contributed by atoms with E-state index in [1.54, 1.807) is 12.1 Å². The van der Waals surface area contributed by atoms with Gasteiger partial charge in [-0.1, -0.05) is 11.6 Å². The average molecular weight is 188 g/mol. The van der Waals surface area contributed by atoms with Crippen molar-refractivity contribution in [1.82, 2.24) is 4.98 Å². The van der Waals surface area contributed by atoms with Gasteiger partial charge in [-0.25, -0.2) is 4.98 Å². The summed E-state index contributed by atoms with van der Waals surface area (Å²) < 4.78 is 0. The Balaban J connectivity index is 2.74. The summed E-state index contributed by atoms with van der Waals surface area (Å²) in [6, 6.07) is 3.42. The van der Waals surface area contributed by atoms with Crippen molar-refractivity contribution in [3.05, 3.63) is 23.4 Å². The van der Waals surface area contributed by atoms with Crippen molar-refractivity contribution in [3.63, 3.8) is 0 Å². The number of hydrogen-bond donors (Lipinski definition) is 2. The van der Waals surface area contributed by atoms with E-state index in [4.69, 9.17) is 22.7 Å². The molecule has 0 aliphatic carbocycles. The quantitative estimate of drug-likeness (QED) is 0.400. The molecule has 1 aromatic rings. The summed E-state index contributed by atoms with van der Waals surface area (Å²) in [5.41, 5.74) is 5.14. The van der Waals surface area contributed by atoms with Crippen molar-refractivity contribution in [3.8, 4) is 0 Å². The summed E-state index contributed by atoms with van der Waals surface area (Å²) in [5.74, 6) is 0. The summed E-state index contributed by atoms with van der Waals surface area (Å²) in [6.07, 6.45) is 1.52. The predicted octanol–water partition coefficient (Wildman–Crippen LogP) is 1.72. The second-order valence-electron chi connectivity index (χ2n) is 1.78. The maximum Gasteiger partial charge on any atom is 0.157 e. The normalized spacial score (nSPS) is 9.55. The van der Waals surface area contributed by atoms with Crippen LogP contribution in [0.15, 0.2) is 23.4 Å². The molecular weight excluding hydrogens is 182 g/mol. The van der Waals surface area contributed by atoms with Crippen LogP contribution in [0.5, 0.6) is 0 Å². The minimum absolute atomic E-state index is 0.0276. The highest BCUT2D eigenvalue weighted by Crippen LogP contribution is 2.15. The molecule has 0 bridgehead atoms. The van der Waals surface area contributed by atoms with Crippen LogP contribution in [0.25, 0.3) is 0 Å². The highest BCUT2D eigenvalue weighted by molar-refractivity contribution is 8.13. The zero-order chi connectivity index (χ0) is 8.27. The van der Waals surface area contributed by atoms with Gasteiger partial charge in [-0.2, -0.15) is 0 Å². The van der Waals surface area contributed by atoms with E-state index in [-0.39, 0.29) is 5.17 Å². The predicted molar refractivity (Wildman–Crippen MR) is 47.0 cm³/mol. The summed E-state index contributed by atoms with van der Waals surface area (Å²) >= 11 is 6.69. The fraction of sp³-hybridized carbons (Fsp3) is 0. The van der Waals surface area contributed by atoms with Crippen molar-refractivity contribution >= 4 is 28.5 Å². The number of amidine groups is 1. The molecular formula is C6H6ClN3S. The first-order chi connectivity index (χ1) is 5.18. The molecule has 0 spiro atoms. The fourth-order valence-electron chi connectivity index (χ4n) is 0.535. The van der Waals surface area contributed by atoms with Gasteiger partial charge >= 0.3 is 0 Å². The van der Waals surface area contributed by atoms with Gasteiger partial charge in [0, 0.05) is 6.20 Å². The van der Waals surface area contributed by atoms with Gasteiger partial charge in [0.15, 0.2) is 5.17 Å². The molecule has 0 saturated heterocycles. The largest absolute Gasteiger partial charge is 0.378 e. The Morgan fingerprint density at radius 1 is 1.64 bits per heavy atom. The highest BCUT2D eigenvalue weighted by atomic mass is 35.5. The van der Waals surface area contributed by atoms with Crippen LogP contribution in [0.3, 0.4) is 0 Å². The van der Waals surface area contributed by atoms with Crippen molar-refractivity contribution < 1.29 is 0 Å². The molecule has 3 N–H and O–H groups in total. The smallest absolute Gasteiger partial charge is 0.157 e. The number of nitrogens with zero attached hydrogens (tertiary/aromatic N) is 1. The Kier molecular flexibility index (Phi) is 2.73. The Morgan fingerprint density at radius 3 is 2.82 bits per heavy atom. The molecule has 5 heteroatoms. The molecule has 0 atom stereocenters. The van der Waals surface area contributed by atoms with E-state index in [9.17, 15) is 0 Å². The molecule has 0 radical (unpaired) electrons. The molecule has 1 aromatic heterocycles. The van der Waals surface area contributed by atoms with E-state index >= 15 is 0 Å². The van der Waals surface area contributed by atoms with Crippen LogP contribution >= 0.6 is 23.4 Å². The fourth-order valence-corrected chi connectivity index (χ4v) is 1.11. The second-order valence-corrected chi connectivity index (χ2v) is 3.28. The Bertz CT molecular complexity index is 259. The maximum atomic E-state index is 6.95. The second kappa shape index (κ2) is 3.59. The third-order valence-corrected chi connectivity index (χ3v) is 1.81. The molecule has 0 fully saturated rings. The number of thioether (sulfide) groups is 1. The van der Waals surface area contributed by atoms with Gasteiger partial charge in [0.25, 0.3) is 0 Å². The average Bonchev–Trinajstić information content (AvgIpc) is 1.93. The number of hydrogen-bond acceptors (Lipinski definition) is 3. The van der Waals surface area contributed by atoms with E-state index in [2.05, 4.69) is 4.98 Å². The standard InChI is InChI=1S/C6H6ClN3S/c7-4-1-2-5(10-3-4)11-6(8)9/h1-3H,(H3,8,9). The molecule has 1 rings (SSSR count). The van der Waals surface area contributed by atoms with Gasteiger partial charge in [-0.15, -0.1) is 0 Å². The lowest BCUT2D eigenvalue weighted by Crippen LogP contribution is -2.03. The zero-order valence-corrected chi connectivity index (χ0v) is 7.12. The van der Waals surface area contributed by atoms with Crippen LogP contribution in [0.2, 0.25) is 5.02 Å². The third-order valence-electron chi connectivity index (χ3n) is 0.915. The minimum atomic E-state index is 0.0276. The van der Waals surface area contributed by atoms with Crippen LogP contribution in [-0.2, 0) is 0 Å². The van der Waals surface area contributed by atoms with Gasteiger partial charge in [0.2, 0.25) is 0 Å². The SMILES string of the molecule is N=C(N)Sc1ccc(Cl)cn1. The molecule has 0 aliphatic heterocycles. The number of pyridine rings is 1. The van der Waals surface area contributed by atoms with Crippen molar-refractivity contribution in [2.24, 2.45) is 5.73 Å². The Labute approximate surface area is 73.5 Å². The Morgan fingerprint density at radius 2 is 2.36 bits per heavy atom. The van der Waals surface area contributed by atoms with E-state index < -0.39 is 0 Å². The van der Waals surface area contributed by atoms with Gasteiger partial charge in [-0.05, 0) is 23.9 Å². The molecule has 0 unspecified atom stereocenters. The molecule has 0 saturated carbocycles. The van der Waals surface area contributed by atoms with Crippen LogP contribution in [0.1, 0.15) is 0 Å². The molecule has 1 heterocycles. The summed E-state index contributed by atoms with van der Waals surface area (Å²) in [4.78, 5) is 3.93. The molecule has 11 heavy (non-hydrogen) atoms. The first-order valence-corrected chi connectivity index (χ1v) is 4.01.